The highest BCUT2D eigenvalue weighted by Gasteiger charge is 2.20. The molecule has 2 aromatic rings. The second-order valence-corrected chi connectivity index (χ2v) is 6.25. The van der Waals surface area contributed by atoms with Crippen LogP contribution < -0.4 is 5.32 Å². The number of aliphatic hydroxyl groups is 1. The number of carbonyl (C=O) groups excluding carboxylic acids is 1. The molecular formula is C21H22N2O2. The molecule has 4 nitrogen and oxygen atoms in total. The maximum absolute atomic E-state index is 12.0. The average molecular weight is 334 g/mol. The van der Waals surface area contributed by atoms with Crippen LogP contribution >= 0.6 is 0 Å². The van der Waals surface area contributed by atoms with Crippen LogP contribution in [0.25, 0.3) is 0 Å². The molecule has 1 saturated heterocycles. The largest absolute Gasteiger partial charge is 0.392 e. The molecule has 0 aromatic heterocycles. The van der Waals surface area contributed by atoms with Gasteiger partial charge in [-0.3, -0.25) is 9.69 Å². The molecule has 1 aliphatic heterocycles. The van der Waals surface area contributed by atoms with Gasteiger partial charge in [0.05, 0.1) is 6.10 Å². The normalized spacial score (nSPS) is 16.9. The Morgan fingerprint density at radius 3 is 2.56 bits per heavy atom. The van der Waals surface area contributed by atoms with E-state index in [0.29, 0.717) is 13.1 Å². The van der Waals surface area contributed by atoms with Gasteiger partial charge in [0.25, 0.3) is 5.91 Å². The zero-order valence-electron chi connectivity index (χ0n) is 14.1. The van der Waals surface area contributed by atoms with Crippen LogP contribution in [0.15, 0.2) is 54.6 Å². The summed E-state index contributed by atoms with van der Waals surface area (Å²) in [5, 5.41) is 12.5. The van der Waals surface area contributed by atoms with E-state index in [2.05, 4.69) is 28.1 Å². The van der Waals surface area contributed by atoms with Crippen molar-refractivity contribution in [2.75, 3.05) is 13.1 Å². The molecule has 2 N–H and O–H groups in total. The van der Waals surface area contributed by atoms with Gasteiger partial charge < -0.3 is 10.4 Å². The number of aliphatic hydroxyl groups excluding tert-OH is 1. The standard InChI is InChI=1S/C21H22N2O2/c24-20-12-13-23(16-20)15-19-9-5-4-8-18(19)14-22-21(25)11-10-17-6-2-1-3-7-17/h1-9,20,24H,12-16H2,(H,22,25)/t20-/m0/s1. The molecule has 1 aliphatic rings. The van der Waals surface area contributed by atoms with Gasteiger partial charge in [0.15, 0.2) is 0 Å². The lowest BCUT2D eigenvalue weighted by Gasteiger charge is -2.17. The molecule has 1 atom stereocenters. The van der Waals surface area contributed by atoms with E-state index in [9.17, 15) is 9.90 Å². The molecular weight excluding hydrogens is 312 g/mol. The summed E-state index contributed by atoms with van der Waals surface area (Å²) in [6.07, 6.45) is 0.605. The minimum Gasteiger partial charge on any atom is -0.392 e. The number of benzene rings is 2. The van der Waals surface area contributed by atoms with E-state index < -0.39 is 0 Å². The maximum Gasteiger partial charge on any atom is 0.296 e. The Hall–Kier alpha value is -2.61. The molecule has 0 unspecified atom stereocenters. The predicted molar refractivity (Wildman–Crippen MR) is 97.5 cm³/mol. The molecule has 128 valence electrons. The predicted octanol–water partition coefficient (Wildman–Crippen LogP) is 1.92. The Labute approximate surface area is 148 Å². The zero-order valence-corrected chi connectivity index (χ0v) is 14.1. The third kappa shape index (κ3) is 5.18. The molecule has 3 rings (SSSR count). The van der Waals surface area contributed by atoms with Gasteiger partial charge in [0, 0.05) is 37.7 Å². The molecule has 2 aromatic carbocycles. The summed E-state index contributed by atoms with van der Waals surface area (Å²) in [6.45, 7) is 2.86. The Bertz CT molecular complexity index is 777. The Morgan fingerprint density at radius 1 is 1.12 bits per heavy atom. The first-order valence-corrected chi connectivity index (χ1v) is 8.53. The van der Waals surface area contributed by atoms with Gasteiger partial charge in [-0.05, 0) is 29.7 Å². The first kappa shape index (κ1) is 17.2. The van der Waals surface area contributed by atoms with Crippen LogP contribution in [0, 0.1) is 11.8 Å². The minimum absolute atomic E-state index is 0.222. The molecule has 1 heterocycles. The highest BCUT2D eigenvalue weighted by molar-refractivity contribution is 5.94. The second-order valence-electron chi connectivity index (χ2n) is 6.25. The molecule has 0 radical (unpaired) electrons. The molecule has 0 bridgehead atoms. The van der Waals surface area contributed by atoms with E-state index in [0.717, 1.165) is 30.6 Å². The van der Waals surface area contributed by atoms with E-state index in [-0.39, 0.29) is 12.0 Å². The lowest BCUT2D eigenvalue weighted by atomic mass is 10.1. The van der Waals surface area contributed by atoms with Crippen molar-refractivity contribution in [2.45, 2.75) is 25.6 Å². The number of nitrogens with one attached hydrogen (secondary N) is 1. The number of amides is 1. The van der Waals surface area contributed by atoms with Crippen LogP contribution in [-0.2, 0) is 17.9 Å². The van der Waals surface area contributed by atoms with Crippen molar-refractivity contribution in [1.29, 1.82) is 0 Å². The summed E-state index contributed by atoms with van der Waals surface area (Å²) in [7, 11) is 0. The van der Waals surface area contributed by atoms with Crippen molar-refractivity contribution in [1.82, 2.24) is 10.2 Å². The lowest BCUT2D eigenvalue weighted by Crippen LogP contribution is -2.24. The number of hydrogen-bond acceptors (Lipinski definition) is 3. The highest BCUT2D eigenvalue weighted by atomic mass is 16.3. The van der Waals surface area contributed by atoms with Gasteiger partial charge in [-0.1, -0.05) is 48.4 Å². The number of β-amino-alcohol motifs (C(OH)–C–C–N with tert-alkyl or cyclic N) is 1. The number of nitrogens with zero attached hydrogens (tertiary/aromatic N) is 1. The van der Waals surface area contributed by atoms with Crippen LogP contribution in [0.5, 0.6) is 0 Å². The number of rotatable bonds is 4. The molecule has 1 amide bonds. The minimum atomic E-state index is -0.282. The Morgan fingerprint density at radius 2 is 1.84 bits per heavy atom. The summed E-state index contributed by atoms with van der Waals surface area (Å²) in [4.78, 5) is 14.2. The van der Waals surface area contributed by atoms with Crippen LogP contribution in [-0.4, -0.2) is 35.1 Å². The number of hydrogen-bond donors (Lipinski definition) is 2. The fourth-order valence-corrected chi connectivity index (χ4v) is 2.95. The molecule has 1 fully saturated rings. The fourth-order valence-electron chi connectivity index (χ4n) is 2.95. The molecule has 0 aliphatic carbocycles. The van der Waals surface area contributed by atoms with Crippen molar-refractivity contribution in [3.8, 4) is 11.8 Å². The van der Waals surface area contributed by atoms with Crippen LogP contribution in [0.4, 0.5) is 0 Å². The first-order chi connectivity index (χ1) is 12.2. The van der Waals surface area contributed by atoms with Gasteiger partial charge in [0.2, 0.25) is 0 Å². The lowest BCUT2D eigenvalue weighted by molar-refractivity contribution is -0.115. The Kier molecular flexibility index (Phi) is 5.84. The third-order valence-corrected chi connectivity index (χ3v) is 4.29. The van der Waals surface area contributed by atoms with Crippen molar-refractivity contribution in [3.63, 3.8) is 0 Å². The molecule has 4 heteroatoms. The highest BCUT2D eigenvalue weighted by Crippen LogP contribution is 2.16. The van der Waals surface area contributed by atoms with E-state index >= 15 is 0 Å². The van der Waals surface area contributed by atoms with Crippen molar-refractivity contribution < 1.29 is 9.90 Å². The topological polar surface area (TPSA) is 52.6 Å². The molecule has 0 spiro atoms. The SMILES string of the molecule is O=C(C#Cc1ccccc1)NCc1ccccc1CN1CC[C@H](O)C1. The summed E-state index contributed by atoms with van der Waals surface area (Å²) in [5.41, 5.74) is 3.08. The quantitative estimate of drug-likeness (QED) is 0.840. The van der Waals surface area contributed by atoms with Gasteiger partial charge in [-0.2, -0.15) is 0 Å². The van der Waals surface area contributed by atoms with Crippen molar-refractivity contribution >= 4 is 5.91 Å². The summed E-state index contributed by atoms with van der Waals surface area (Å²) < 4.78 is 0. The zero-order chi connectivity index (χ0) is 17.5. The smallest absolute Gasteiger partial charge is 0.296 e. The van der Waals surface area contributed by atoms with Crippen LogP contribution in [0.1, 0.15) is 23.1 Å². The summed E-state index contributed by atoms with van der Waals surface area (Å²) in [5.74, 6) is 5.20. The van der Waals surface area contributed by atoms with Crippen LogP contribution in [0.3, 0.4) is 0 Å². The second kappa shape index (κ2) is 8.48. The average Bonchev–Trinajstić information content (AvgIpc) is 3.05. The van der Waals surface area contributed by atoms with Crippen LogP contribution in [0.2, 0.25) is 0 Å². The number of carbonyl (C=O) groups is 1. The van der Waals surface area contributed by atoms with Gasteiger partial charge in [0.1, 0.15) is 0 Å². The van der Waals surface area contributed by atoms with Crippen molar-refractivity contribution in [3.05, 3.63) is 71.3 Å². The van der Waals surface area contributed by atoms with Gasteiger partial charge >= 0.3 is 0 Å². The third-order valence-electron chi connectivity index (χ3n) is 4.29. The van der Waals surface area contributed by atoms with E-state index in [1.165, 1.54) is 5.56 Å². The van der Waals surface area contributed by atoms with Gasteiger partial charge in [-0.25, -0.2) is 0 Å². The van der Waals surface area contributed by atoms with E-state index in [1.807, 2.05) is 48.5 Å². The molecule has 25 heavy (non-hydrogen) atoms. The molecule has 0 saturated carbocycles. The monoisotopic (exact) mass is 334 g/mol. The van der Waals surface area contributed by atoms with Gasteiger partial charge in [-0.15, -0.1) is 0 Å². The fraction of sp³-hybridized carbons (Fsp3) is 0.286. The maximum atomic E-state index is 12.0. The van der Waals surface area contributed by atoms with Crippen molar-refractivity contribution in [2.24, 2.45) is 0 Å². The first-order valence-electron chi connectivity index (χ1n) is 8.53. The van der Waals surface area contributed by atoms with E-state index in [4.69, 9.17) is 0 Å². The van der Waals surface area contributed by atoms with E-state index in [1.54, 1.807) is 0 Å². The number of likely N-dealkylation sites (tertiary alicyclic amines) is 1. The summed E-state index contributed by atoms with van der Waals surface area (Å²) in [6, 6.07) is 17.5. The Balaban J connectivity index is 1.58. The summed E-state index contributed by atoms with van der Waals surface area (Å²) >= 11 is 0.